The van der Waals surface area contributed by atoms with E-state index >= 15 is 0 Å². The monoisotopic (exact) mass is 298 g/mol. The van der Waals surface area contributed by atoms with Crippen molar-refractivity contribution in [2.24, 2.45) is 0 Å². The predicted molar refractivity (Wildman–Crippen MR) is 78.1 cm³/mol. The van der Waals surface area contributed by atoms with E-state index in [2.05, 4.69) is 10.6 Å². The van der Waals surface area contributed by atoms with Crippen LogP contribution < -0.4 is 10.6 Å². The van der Waals surface area contributed by atoms with Crippen molar-refractivity contribution < 1.29 is 14.6 Å². The van der Waals surface area contributed by atoms with Crippen LogP contribution in [-0.4, -0.2) is 36.5 Å². The molecule has 1 heterocycles. The molecule has 2 amide bonds. The Morgan fingerprint density at radius 2 is 2.05 bits per heavy atom. The van der Waals surface area contributed by atoms with Gasteiger partial charge in [-0.3, -0.25) is 0 Å². The molecule has 1 saturated heterocycles. The first-order chi connectivity index (χ1) is 9.65. The van der Waals surface area contributed by atoms with Gasteiger partial charge < -0.3 is 20.5 Å². The molecule has 0 radical (unpaired) electrons. The normalized spacial score (nSPS) is 17.5. The second kappa shape index (κ2) is 6.92. The quantitative estimate of drug-likeness (QED) is 0.799. The van der Waals surface area contributed by atoms with Crippen LogP contribution in [0, 0.1) is 0 Å². The lowest BCUT2D eigenvalue weighted by atomic mass is 9.87. The Morgan fingerprint density at radius 3 is 2.70 bits per heavy atom. The highest BCUT2D eigenvalue weighted by atomic mass is 35.5. The molecular formula is C14H19ClN2O3. The van der Waals surface area contributed by atoms with Gasteiger partial charge in [0, 0.05) is 25.4 Å². The van der Waals surface area contributed by atoms with Gasteiger partial charge in [0.1, 0.15) is 0 Å². The average Bonchev–Trinajstić information content (AvgIpc) is 2.42. The summed E-state index contributed by atoms with van der Waals surface area (Å²) >= 11 is 6.00. The number of urea groups is 1. The van der Waals surface area contributed by atoms with E-state index in [9.17, 15) is 9.90 Å². The zero-order valence-electron chi connectivity index (χ0n) is 11.2. The van der Waals surface area contributed by atoms with Crippen LogP contribution in [0.5, 0.6) is 0 Å². The molecule has 0 bridgehead atoms. The fourth-order valence-electron chi connectivity index (χ4n) is 2.37. The van der Waals surface area contributed by atoms with E-state index in [0.29, 0.717) is 43.2 Å². The van der Waals surface area contributed by atoms with Gasteiger partial charge in [0.15, 0.2) is 0 Å². The van der Waals surface area contributed by atoms with Crippen molar-refractivity contribution in [1.82, 2.24) is 5.32 Å². The molecule has 6 heteroatoms. The summed E-state index contributed by atoms with van der Waals surface area (Å²) in [5.74, 6) is 0. The topological polar surface area (TPSA) is 70.6 Å². The SMILES string of the molecule is O=C(Nc1ccccc1Cl)NC1(CCO)CCOCC1. The maximum Gasteiger partial charge on any atom is 0.319 e. The highest BCUT2D eigenvalue weighted by Gasteiger charge is 2.33. The number of benzene rings is 1. The molecule has 0 aliphatic carbocycles. The molecule has 5 nitrogen and oxygen atoms in total. The summed E-state index contributed by atoms with van der Waals surface area (Å²) in [6, 6.07) is 6.75. The predicted octanol–water partition coefficient (Wildman–Crippen LogP) is 2.39. The minimum atomic E-state index is -0.404. The zero-order valence-corrected chi connectivity index (χ0v) is 11.9. The number of carbonyl (C=O) groups is 1. The molecule has 0 aromatic heterocycles. The standard InChI is InChI=1S/C14H19ClN2O3/c15-11-3-1-2-4-12(11)16-13(19)17-14(5-8-18)6-9-20-10-7-14/h1-4,18H,5-10H2,(H2,16,17,19). The number of para-hydroxylation sites is 1. The molecule has 0 atom stereocenters. The van der Waals surface area contributed by atoms with Crippen LogP contribution >= 0.6 is 11.6 Å². The second-order valence-electron chi connectivity index (χ2n) is 4.93. The van der Waals surface area contributed by atoms with Gasteiger partial charge in [0.25, 0.3) is 0 Å². The molecule has 1 fully saturated rings. The number of amides is 2. The van der Waals surface area contributed by atoms with E-state index in [1.807, 2.05) is 0 Å². The number of ether oxygens (including phenoxy) is 1. The molecule has 3 N–H and O–H groups in total. The molecule has 0 spiro atoms. The smallest absolute Gasteiger partial charge is 0.319 e. The van der Waals surface area contributed by atoms with Gasteiger partial charge >= 0.3 is 6.03 Å². The van der Waals surface area contributed by atoms with E-state index in [1.54, 1.807) is 24.3 Å². The lowest BCUT2D eigenvalue weighted by molar-refractivity contribution is 0.0330. The van der Waals surface area contributed by atoms with Crippen molar-refractivity contribution >= 4 is 23.3 Å². The molecule has 20 heavy (non-hydrogen) atoms. The Kier molecular flexibility index (Phi) is 5.23. The lowest BCUT2D eigenvalue weighted by Gasteiger charge is -2.37. The van der Waals surface area contributed by atoms with Gasteiger partial charge in [0.2, 0.25) is 0 Å². The summed E-state index contributed by atoms with van der Waals surface area (Å²) in [6.45, 7) is 1.21. The number of hydrogen-bond acceptors (Lipinski definition) is 3. The Labute approximate surface area is 123 Å². The van der Waals surface area contributed by atoms with Crippen molar-refractivity contribution in [3.8, 4) is 0 Å². The van der Waals surface area contributed by atoms with Crippen LogP contribution in [0.4, 0.5) is 10.5 Å². The van der Waals surface area contributed by atoms with Crippen molar-refractivity contribution in [3.05, 3.63) is 29.3 Å². The Bertz CT molecular complexity index is 456. The van der Waals surface area contributed by atoms with E-state index < -0.39 is 5.54 Å². The zero-order chi connectivity index (χ0) is 14.4. The van der Waals surface area contributed by atoms with Crippen LogP contribution in [0.2, 0.25) is 5.02 Å². The summed E-state index contributed by atoms with van der Waals surface area (Å²) < 4.78 is 5.32. The number of halogens is 1. The number of nitrogens with one attached hydrogen (secondary N) is 2. The molecule has 1 aliphatic heterocycles. The van der Waals surface area contributed by atoms with Crippen molar-refractivity contribution in [3.63, 3.8) is 0 Å². The second-order valence-corrected chi connectivity index (χ2v) is 5.33. The molecule has 1 aliphatic rings. The fraction of sp³-hybridized carbons (Fsp3) is 0.500. The summed E-state index contributed by atoms with van der Waals surface area (Å²) in [7, 11) is 0. The van der Waals surface area contributed by atoms with Gasteiger partial charge in [-0.1, -0.05) is 23.7 Å². The van der Waals surface area contributed by atoms with E-state index in [4.69, 9.17) is 16.3 Å². The average molecular weight is 299 g/mol. The van der Waals surface area contributed by atoms with Crippen LogP contribution in [-0.2, 0) is 4.74 Å². The van der Waals surface area contributed by atoms with Gasteiger partial charge in [0.05, 0.1) is 10.7 Å². The molecule has 1 aromatic carbocycles. The number of carbonyl (C=O) groups excluding carboxylic acids is 1. The summed E-state index contributed by atoms with van der Waals surface area (Å²) in [6.07, 6.45) is 1.92. The number of hydrogen-bond donors (Lipinski definition) is 3. The molecule has 110 valence electrons. The van der Waals surface area contributed by atoms with Gasteiger partial charge in [-0.2, -0.15) is 0 Å². The third-order valence-electron chi connectivity index (χ3n) is 3.54. The first-order valence-electron chi connectivity index (χ1n) is 6.67. The molecular weight excluding hydrogens is 280 g/mol. The number of aliphatic hydroxyl groups is 1. The minimum Gasteiger partial charge on any atom is -0.396 e. The fourth-order valence-corrected chi connectivity index (χ4v) is 2.55. The summed E-state index contributed by atoms with van der Waals surface area (Å²) in [5.41, 5.74) is 0.163. The van der Waals surface area contributed by atoms with Crippen LogP contribution in [0.25, 0.3) is 0 Å². The molecule has 0 saturated carbocycles. The van der Waals surface area contributed by atoms with E-state index in [-0.39, 0.29) is 12.6 Å². The third kappa shape index (κ3) is 3.85. The van der Waals surface area contributed by atoms with Crippen LogP contribution in [0.3, 0.4) is 0 Å². The number of aliphatic hydroxyl groups excluding tert-OH is 1. The van der Waals surface area contributed by atoms with E-state index in [0.717, 1.165) is 0 Å². The van der Waals surface area contributed by atoms with Gasteiger partial charge in [-0.25, -0.2) is 4.79 Å². The minimum absolute atomic E-state index is 0.0341. The van der Waals surface area contributed by atoms with Crippen molar-refractivity contribution in [2.45, 2.75) is 24.8 Å². The van der Waals surface area contributed by atoms with Crippen LogP contribution in [0.1, 0.15) is 19.3 Å². The molecule has 0 unspecified atom stereocenters. The first kappa shape index (κ1) is 15.1. The maximum absolute atomic E-state index is 12.1. The highest BCUT2D eigenvalue weighted by molar-refractivity contribution is 6.33. The first-order valence-corrected chi connectivity index (χ1v) is 7.05. The summed E-state index contributed by atoms with van der Waals surface area (Å²) in [4.78, 5) is 12.1. The van der Waals surface area contributed by atoms with Gasteiger partial charge in [-0.05, 0) is 31.4 Å². The lowest BCUT2D eigenvalue weighted by Crippen LogP contribution is -2.53. The van der Waals surface area contributed by atoms with Crippen molar-refractivity contribution in [2.75, 3.05) is 25.1 Å². The third-order valence-corrected chi connectivity index (χ3v) is 3.87. The Hall–Kier alpha value is -1.30. The molecule has 1 aromatic rings. The van der Waals surface area contributed by atoms with Crippen LogP contribution in [0.15, 0.2) is 24.3 Å². The largest absolute Gasteiger partial charge is 0.396 e. The van der Waals surface area contributed by atoms with E-state index in [1.165, 1.54) is 0 Å². The number of anilines is 1. The Balaban J connectivity index is 2.00. The summed E-state index contributed by atoms with van der Waals surface area (Å²) in [5, 5.41) is 15.4. The number of rotatable bonds is 4. The van der Waals surface area contributed by atoms with Crippen molar-refractivity contribution in [1.29, 1.82) is 0 Å². The molecule has 2 rings (SSSR count). The maximum atomic E-state index is 12.1. The van der Waals surface area contributed by atoms with Gasteiger partial charge in [-0.15, -0.1) is 0 Å². The Morgan fingerprint density at radius 1 is 1.35 bits per heavy atom. The highest BCUT2D eigenvalue weighted by Crippen LogP contribution is 2.25.